The Hall–Kier alpha value is -1.35. The fourth-order valence-corrected chi connectivity index (χ4v) is 2.75. The Labute approximate surface area is 180 Å². The van der Waals surface area contributed by atoms with Crippen LogP contribution in [0.15, 0.2) is 29.3 Å². The molecule has 152 valence electrons. The van der Waals surface area contributed by atoms with Crippen molar-refractivity contribution < 1.29 is 9.53 Å². The Morgan fingerprint density at radius 1 is 1.15 bits per heavy atom. The van der Waals surface area contributed by atoms with Crippen molar-refractivity contribution in [1.82, 2.24) is 15.5 Å². The average molecular weight is 488 g/mol. The zero-order valence-corrected chi connectivity index (χ0v) is 19.0. The Kier molecular flexibility index (Phi) is 11.3. The van der Waals surface area contributed by atoms with Crippen molar-refractivity contribution in [3.05, 3.63) is 35.4 Å². The third kappa shape index (κ3) is 8.92. The van der Waals surface area contributed by atoms with Crippen LogP contribution in [0, 0.1) is 0 Å². The number of carbonyl (C=O) groups is 1. The van der Waals surface area contributed by atoms with Gasteiger partial charge in [0.05, 0.1) is 25.8 Å². The number of benzene rings is 1. The molecule has 7 heteroatoms. The van der Waals surface area contributed by atoms with Crippen molar-refractivity contribution in [2.24, 2.45) is 4.99 Å². The Morgan fingerprint density at radius 3 is 2.37 bits per heavy atom. The zero-order chi connectivity index (χ0) is 18.8. The molecule has 0 aromatic heterocycles. The average Bonchev–Trinajstić information content (AvgIpc) is 3.17. The predicted molar refractivity (Wildman–Crippen MR) is 120 cm³/mol. The first kappa shape index (κ1) is 23.7. The smallest absolute Gasteiger partial charge is 0.241 e. The number of nitrogens with one attached hydrogen (secondary N) is 2. The topological polar surface area (TPSA) is 66.0 Å². The number of aliphatic imine (C=N–C) groups is 1. The number of nitrogens with zero attached hydrogens (tertiary/aromatic N) is 2. The van der Waals surface area contributed by atoms with Crippen LogP contribution >= 0.6 is 24.0 Å². The molecule has 0 aliphatic carbocycles. The summed E-state index contributed by atoms with van der Waals surface area (Å²) in [6.45, 7) is 10.1. The molecule has 1 aromatic carbocycles. The molecule has 1 aromatic rings. The molecule has 1 aliphatic rings. The SMILES string of the molecule is CCNC(=NCc1ccc(COC(C)C)cc1)NCC(=O)N1CCCC1.I. The molecule has 0 bridgehead atoms. The van der Waals surface area contributed by atoms with Crippen molar-refractivity contribution in [2.75, 3.05) is 26.2 Å². The van der Waals surface area contributed by atoms with E-state index in [1.54, 1.807) is 0 Å². The Bertz CT molecular complexity index is 584. The number of ether oxygens (including phenoxy) is 1. The molecule has 2 N–H and O–H groups in total. The zero-order valence-electron chi connectivity index (χ0n) is 16.7. The van der Waals surface area contributed by atoms with E-state index < -0.39 is 0 Å². The fourth-order valence-electron chi connectivity index (χ4n) is 2.75. The second-order valence-corrected chi connectivity index (χ2v) is 6.81. The molecule has 1 heterocycles. The van der Waals surface area contributed by atoms with Crippen molar-refractivity contribution >= 4 is 35.8 Å². The maximum absolute atomic E-state index is 12.1. The molecule has 0 radical (unpaired) electrons. The molecule has 0 saturated carbocycles. The minimum Gasteiger partial charge on any atom is -0.374 e. The van der Waals surface area contributed by atoms with E-state index in [4.69, 9.17) is 4.74 Å². The molecule has 1 amide bonds. The first-order valence-corrected chi connectivity index (χ1v) is 9.58. The molecule has 27 heavy (non-hydrogen) atoms. The molecule has 1 aliphatic heterocycles. The summed E-state index contributed by atoms with van der Waals surface area (Å²) in [5.74, 6) is 0.815. The van der Waals surface area contributed by atoms with Crippen molar-refractivity contribution in [3.8, 4) is 0 Å². The number of amides is 1. The summed E-state index contributed by atoms with van der Waals surface area (Å²) in [6.07, 6.45) is 2.45. The van der Waals surface area contributed by atoms with Gasteiger partial charge in [0.25, 0.3) is 0 Å². The lowest BCUT2D eigenvalue weighted by molar-refractivity contribution is -0.128. The van der Waals surface area contributed by atoms with E-state index in [-0.39, 0.29) is 42.5 Å². The van der Waals surface area contributed by atoms with E-state index in [0.717, 1.165) is 43.6 Å². The van der Waals surface area contributed by atoms with Gasteiger partial charge in [0, 0.05) is 19.6 Å². The maximum Gasteiger partial charge on any atom is 0.241 e. The van der Waals surface area contributed by atoms with Gasteiger partial charge < -0.3 is 20.3 Å². The van der Waals surface area contributed by atoms with Crippen LogP contribution in [0.2, 0.25) is 0 Å². The van der Waals surface area contributed by atoms with Gasteiger partial charge in [-0.05, 0) is 44.7 Å². The van der Waals surface area contributed by atoms with Crippen LogP contribution in [0.4, 0.5) is 0 Å². The summed E-state index contributed by atoms with van der Waals surface area (Å²) in [6, 6.07) is 8.29. The van der Waals surface area contributed by atoms with Crippen LogP contribution in [0.5, 0.6) is 0 Å². The van der Waals surface area contributed by atoms with Gasteiger partial charge in [-0.2, -0.15) is 0 Å². The van der Waals surface area contributed by atoms with Gasteiger partial charge in [-0.15, -0.1) is 24.0 Å². The minimum absolute atomic E-state index is 0. The first-order chi connectivity index (χ1) is 12.6. The number of rotatable bonds is 8. The molecule has 0 unspecified atom stereocenters. The Morgan fingerprint density at radius 2 is 1.78 bits per heavy atom. The summed E-state index contributed by atoms with van der Waals surface area (Å²) >= 11 is 0. The van der Waals surface area contributed by atoms with Gasteiger partial charge in [-0.1, -0.05) is 24.3 Å². The highest BCUT2D eigenvalue weighted by Crippen LogP contribution is 2.08. The van der Waals surface area contributed by atoms with E-state index in [1.807, 2.05) is 25.7 Å². The molecule has 1 saturated heterocycles. The number of halogens is 1. The molecule has 2 rings (SSSR count). The third-order valence-corrected chi connectivity index (χ3v) is 4.24. The Balaban J connectivity index is 0.00000364. The third-order valence-electron chi connectivity index (χ3n) is 4.24. The van der Waals surface area contributed by atoms with Crippen LogP contribution in [-0.2, 0) is 22.7 Å². The van der Waals surface area contributed by atoms with Gasteiger partial charge in [-0.25, -0.2) is 4.99 Å². The summed E-state index contributed by atoms with van der Waals surface area (Å²) in [5.41, 5.74) is 2.29. The summed E-state index contributed by atoms with van der Waals surface area (Å²) < 4.78 is 5.61. The number of guanidine groups is 1. The highest BCUT2D eigenvalue weighted by molar-refractivity contribution is 14.0. The summed E-state index contributed by atoms with van der Waals surface area (Å²) in [5, 5.41) is 6.33. The highest BCUT2D eigenvalue weighted by atomic mass is 127. The highest BCUT2D eigenvalue weighted by Gasteiger charge is 2.17. The second kappa shape index (κ2) is 12.9. The number of hydrogen-bond donors (Lipinski definition) is 2. The fraction of sp³-hybridized carbons (Fsp3) is 0.600. The lowest BCUT2D eigenvalue weighted by atomic mass is 10.1. The van der Waals surface area contributed by atoms with Crippen LogP contribution in [-0.4, -0.2) is 49.0 Å². The summed E-state index contributed by atoms with van der Waals surface area (Å²) in [7, 11) is 0. The van der Waals surface area contributed by atoms with Gasteiger partial charge in [-0.3, -0.25) is 4.79 Å². The minimum atomic E-state index is 0. The largest absolute Gasteiger partial charge is 0.374 e. The van der Waals surface area contributed by atoms with Crippen LogP contribution in [0.3, 0.4) is 0 Å². The molecule has 0 atom stereocenters. The van der Waals surface area contributed by atoms with Crippen LogP contribution in [0.25, 0.3) is 0 Å². The molecular formula is C20H33IN4O2. The van der Waals surface area contributed by atoms with Gasteiger partial charge in [0.1, 0.15) is 0 Å². The van der Waals surface area contributed by atoms with E-state index >= 15 is 0 Å². The molecule has 0 spiro atoms. The normalized spacial score (nSPS) is 14.2. The maximum atomic E-state index is 12.1. The van der Waals surface area contributed by atoms with Gasteiger partial charge in [0.15, 0.2) is 5.96 Å². The summed E-state index contributed by atoms with van der Waals surface area (Å²) in [4.78, 5) is 18.6. The van der Waals surface area contributed by atoms with Gasteiger partial charge >= 0.3 is 0 Å². The standard InChI is InChI=1S/C20H32N4O2.HI/c1-4-21-20(23-14-19(25)24-11-5-6-12-24)22-13-17-7-9-18(10-8-17)15-26-16(2)3;/h7-10,16H,4-6,11-15H2,1-3H3,(H2,21,22,23);1H. The number of carbonyl (C=O) groups excluding carboxylic acids is 1. The van der Waals surface area contributed by atoms with E-state index in [0.29, 0.717) is 19.1 Å². The van der Waals surface area contributed by atoms with Crippen LogP contribution < -0.4 is 10.6 Å². The predicted octanol–water partition coefficient (Wildman–Crippen LogP) is 2.91. The molecule has 1 fully saturated rings. The van der Waals surface area contributed by atoms with E-state index in [9.17, 15) is 4.79 Å². The molecule has 6 nitrogen and oxygen atoms in total. The lowest BCUT2D eigenvalue weighted by Gasteiger charge is -2.17. The van der Waals surface area contributed by atoms with Gasteiger partial charge in [0.2, 0.25) is 5.91 Å². The van der Waals surface area contributed by atoms with E-state index in [1.165, 1.54) is 0 Å². The molecular weight excluding hydrogens is 455 g/mol. The van der Waals surface area contributed by atoms with Crippen molar-refractivity contribution in [3.63, 3.8) is 0 Å². The first-order valence-electron chi connectivity index (χ1n) is 9.58. The lowest BCUT2D eigenvalue weighted by Crippen LogP contribution is -2.44. The number of hydrogen-bond acceptors (Lipinski definition) is 3. The second-order valence-electron chi connectivity index (χ2n) is 6.81. The number of likely N-dealkylation sites (tertiary alicyclic amines) is 1. The van der Waals surface area contributed by atoms with Crippen LogP contribution in [0.1, 0.15) is 44.7 Å². The van der Waals surface area contributed by atoms with Crippen molar-refractivity contribution in [1.29, 1.82) is 0 Å². The van der Waals surface area contributed by atoms with E-state index in [2.05, 4.69) is 39.9 Å². The quantitative estimate of drug-likeness (QED) is 0.336. The van der Waals surface area contributed by atoms with Crippen molar-refractivity contribution in [2.45, 2.75) is 52.9 Å². The monoisotopic (exact) mass is 488 g/mol.